The summed E-state index contributed by atoms with van der Waals surface area (Å²) in [5.41, 5.74) is 2.26. The second-order valence-electron chi connectivity index (χ2n) is 7.15. The van der Waals surface area contributed by atoms with E-state index in [0.717, 1.165) is 16.6 Å². The Morgan fingerprint density at radius 2 is 1.81 bits per heavy atom. The van der Waals surface area contributed by atoms with E-state index in [9.17, 15) is 4.79 Å². The number of nitrogens with zero attached hydrogens (tertiary/aromatic N) is 5. The molecular formula is C20H19N5O2. The number of fused-ring (bicyclic) bond motifs is 1. The summed E-state index contributed by atoms with van der Waals surface area (Å²) in [7, 11) is 0. The summed E-state index contributed by atoms with van der Waals surface area (Å²) in [6, 6.07) is 13.5. The second kappa shape index (κ2) is 6.35. The molecule has 0 aliphatic rings. The van der Waals surface area contributed by atoms with Crippen LogP contribution in [0.3, 0.4) is 0 Å². The van der Waals surface area contributed by atoms with Crippen LogP contribution in [0.2, 0.25) is 0 Å². The summed E-state index contributed by atoms with van der Waals surface area (Å²) in [5, 5.41) is 9.29. The lowest BCUT2D eigenvalue weighted by molar-refractivity contribution is 0.0544. The van der Waals surface area contributed by atoms with Crippen LogP contribution >= 0.6 is 0 Å². The van der Waals surface area contributed by atoms with Crippen molar-refractivity contribution in [3.8, 4) is 16.9 Å². The van der Waals surface area contributed by atoms with Crippen LogP contribution in [0.15, 0.2) is 61.1 Å². The van der Waals surface area contributed by atoms with Crippen molar-refractivity contribution in [3.05, 3.63) is 61.1 Å². The molecule has 0 unspecified atom stereocenters. The molecule has 0 bridgehead atoms. The lowest BCUT2D eigenvalue weighted by atomic mass is 10.2. The third-order valence-electron chi connectivity index (χ3n) is 3.94. The summed E-state index contributed by atoms with van der Waals surface area (Å²) in [4.78, 5) is 17.0. The summed E-state index contributed by atoms with van der Waals surface area (Å²) in [6.45, 7) is 5.49. The Morgan fingerprint density at radius 1 is 1.04 bits per heavy atom. The minimum absolute atomic E-state index is 0.479. The number of aromatic nitrogens is 5. The van der Waals surface area contributed by atoms with Crippen LogP contribution in [-0.2, 0) is 4.74 Å². The highest BCUT2D eigenvalue weighted by atomic mass is 16.6. The maximum Gasteiger partial charge on any atom is 0.420 e. The molecule has 136 valence electrons. The number of para-hydroxylation sites is 1. The van der Waals surface area contributed by atoms with Crippen molar-refractivity contribution in [1.82, 2.24) is 24.5 Å². The van der Waals surface area contributed by atoms with E-state index in [0.29, 0.717) is 11.3 Å². The molecule has 3 heterocycles. The Balaban J connectivity index is 1.79. The number of benzene rings is 1. The van der Waals surface area contributed by atoms with Gasteiger partial charge >= 0.3 is 6.09 Å². The topological polar surface area (TPSA) is 74.8 Å². The van der Waals surface area contributed by atoms with Gasteiger partial charge in [-0.3, -0.25) is 0 Å². The molecule has 0 radical (unpaired) electrons. The number of pyridine rings is 1. The Morgan fingerprint density at radius 3 is 2.56 bits per heavy atom. The minimum Gasteiger partial charge on any atom is -0.443 e. The fourth-order valence-electron chi connectivity index (χ4n) is 2.81. The minimum atomic E-state index is -0.598. The molecule has 7 nitrogen and oxygen atoms in total. The van der Waals surface area contributed by atoms with E-state index in [1.165, 1.54) is 4.57 Å². The normalized spacial score (nSPS) is 11.7. The monoisotopic (exact) mass is 361 g/mol. The Labute approximate surface area is 156 Å². The SMILES string of the molecule is CC(C)(C)OC(=O)n1cc(-c2cn(-c3ccccc3)nn2)c2cccnc21. The van der Waals surface area contributed by atoms with Gasteiger partial charge in [0.2, 0.25) is 0 Å². The second-order valence-corrected chi connectivity index (χ2v) is 7.15. The maximum atomic E-state index is 12.6. The Hall–Kier alpha value is -3.48. The lowest BCUT2D eigenvalue weighted by Gasteiger charge is -2.19. The molecule has 0 saturated heterocycles. The third kappa shape index (κ3) is 3.31. The van der Waals surface area contributed by atoms with Gasteiger partial charge in [-0.15, -0.1) is 5.10 Å². The highest BCUT2D eigenvalue weighted by molar-refractivity contribution is 5.97. The average molecular weight is 361 g/mol. The van der Waals surface area contributed by atoms with Gasteiger partial charge in [0.25, 0.3) is 0 Å². The number of ether oxygens (including phenoxy) is 1. The highest BCUT2D eigenvalue weighted by Gasteiger charge is 2.22. The van der Waals surface area contributed by atoms with Gasteiger partial charge in [0, 0.05) is 23.3 Å². The van der Waals surface area contributed by atoms with Crippen LogP contribution in [0.5, 0.6) is 0 Å². The zero-order valence-electron chi connectivity index (χ0n) is 15.3. The van der Waals surface area contributed by atoms with Crippen LogP contribution < -0.4 is 0 Å². The van der Waals surface area contributed by atoms with Crippen molar-refractivity contribution < 1.29 is 9.53 Å². The van der Waals surface area contributed by atoms with E-state index in [4.69, 9.17) is 4.74 Å². The molecule has 0 aliphatic heterocycles. The third-order valence-corrected chi connectivity index (χ3v) is 3.94. The standard InChI is InChI=1S/C20H19N5O2/c1-20(2,3)27-19(26)24-12-16(15-10-7-11-21-18(15)24)17-13-25(23-22-17)14-8-5-4-6-9-14/h4-13H,1-3H3. The predicted molar refractivity (Wildman–Crippen MR) is 102 cm³/mol. The van der Waals surface area contributed by atoms with Gasteiger partial charge in [0.1, 0.15) is 16.9 Å². The summed E-state index contributed by atoms with van der Waals surface area (Å²) in [5.74, 6) is 0. The molecule has 4 aromatic rings. The van der Waals surface area contributed by atoms with E-state index < -0.39 is 11.7 Å². The van der Waals surface area contributed by atoms with Crippen LogP contribution in [0.25, 0.3) is 28.0 Å². The van der Waals surface area contributed by atoms with E-state index in [1.807, 2.05) is 69.4 Å². The van der Waals surface area contributed by atoms with Crippen LogP contribution in [0, 0.1) is 0 Å². The van der Waals surface area contributed by atoms with E-state index in [-0.39, 0.29) is 0 Å². The maximum absolute atomic E-state index is 12.6. The van der Waals surface area contributed by atoms with Gasteiger partial charge in [0.05, 0.1) is 11.9 Å². The molecule has 0 amide bonds. The number of rotatable bonds is 2. The Kier molecular flexibility index (Phi) is 3.99. The van der Waals surface area contributed by atoms with Crippen molar-refractivity contribution in [2.75, 3.05) is 0 Å². The molecule has 4 rings (SSSR count). The van der Waals surface area contributed by atoms with Gasteiger partial charge in [0.15, 0.2) is 0 Å². The first-order valence-electron chi connectivity index (χ1n) is 8.60. The fourth-order valence-corrected chi connectivity index (χ4v) is 2.81. The van der Waals surface area contributed by atoms with Crippen LogP contribution in [0.1, 0.15) is 20.8 Å². The number of carbonyl (C=O) groups is 1. The van der Waals surface area contributed by atoms with Gasteiger partial charge in [-0.25, -0.2) is 19.0 Å². The number of carbonyl (C=O) groups excluding carboxylic acids is 1. The molecule has 0 N–H and O–H groups in total. The van der Waals surface area contributed by atoms with Gasteiger partial charge in [-0.1, -0.05) is 23.4 Å². The molecule has 1 aromatic carbocycles. The lowest BCUT2D eigenvalue weighted by Crippen LogP contribution is -2.26. The molecule has 0 fully saturated rings. The van der Waals surface area contributed by atoms with E-state index in [2.05, 4.69) is 15.3 Å². The molecule has 27 heavy (non-hydrogen) atoms. The van der Waals surface area contributed by atoms with Gasteiger partial charge in [-0.05, 0) is 45.0 Å². The highest BCUT2D eigenvalue weighted by Crippen LogP contribution is 2.29. The van der Waals surface area contributed by atoms with Gasteiger partial charge in [-0.2, -0.15) is 0 Å². The molecule has 0 aliphatic carbocycles. The molecule has 7 heteroatoms. The zero-order chi connectivity index (χ0) is 19.0. The molecule has 3 aromatic heterocycles. The first-order chi connectivity index (χ1) is 12.9. The molecule has 0 saturated carbocycles. The summed E-state index contributed by atoms with van der Waals surface area (Å²) >= 11 is 0. The summed E-state index contributed by atoms with van der Waals surface area (Å²) < 4.78 is 8.61. The largest absolute Gasteiger partial charge is 0.443 e. The van der Waals surface area contributed by atoms with Crippen molar-refractivity contribution in [2.45, 2.75) is 26.4 Å². The first kappa shape index (κ1) is 17.0. The van der Waals surface area contributed by atoms with Crippen molar-refractivity contribution in [3.63, 3.8) is 0 Å². The van der Waals surface area contributed by atoms with E-state index >= 15 is 0 Å². The quantitative estimate of drug-likeness (QED) is 0.538. The molecular weight excluding hydrogens is 342 g/mol. The smallest absolute Gasteiger partial charge is 0.420 e. The zero-order valence-corrected chi connectivity index (χ0v) is 15.3. The number of hydrogen-bond donors (Lipinski definition) is 0. The van der Waals surface area contributed by atoms with Crippen molar-refractivity contribution in [2.24, 2.45) is 0 Å². The average Bonchev–Trinajstić information content (AvgIpc) is 3.26. The fraction of sp³-hybridized carbons (Fsp3) is 0.200. The van der Waals surface area contributed by atoms with E-state index in [1.54, 1.807) is 17.1 Å². The van der Waals surface area contributed by atoms with Gasteiger partial charge < -0.3 is 4.74 Å². The summed E-state index contributed by atoms with van der Waals surface area (Å²) in [6.07, 6.45) is 4.70. The first-order valence-corrected chi connectivity index (χ1v) is 8.60. The Bertz CT molecular complexity index is 1110. The van der Waals surface area contributed by atoms with Crippen molar-refractivity contribution >= 4 is 17.1 Å². The van der Waals surface area contributed by atoms with Crippen LogP contribution in [-0.4, -0.2) is 36.2 Å². The molecule has 0 spiro atoms. The van der Waals surface area contributed by atoms with Crippen molar-refractivity contribution in [1.29, 1.82) is 0 Å². The molecule has 0 atom stereocenters. The number of hydrogen-bond acceptors (Lipinski definition) is 5. The predicted octanol–water partition coefficient (Wildman–Crippen LogP) is 4.07. The van der Waals surface area contributed by atoms with Crippen LogP contribution in [0.4, 0.5) is 4.79 Å².